The highest BCUT2D eigenvalue weighted by molar-refractivity contribution is 7.89. The molecule has 134 valence electrons. The Hall–Kier alpha value is -1.70. The van der Waals surface area contributed by atoms with E-state index in [0.717, 1.165) is 36.9 Å². The van der Waals surface area contributed by atoms with Gasteiger partial charge in [-0.25, -0.2) is 17.8 Å². The van der Waals surface area contributed by atoms with Gasteiger partial charge in [0.25, 0.3) is 5.56 Å². The Bertz CT molecular complexity index is 954. The molecule has 0 fully saturated rings. The summed E-state index contributed by atoms with van der Waals surface area (Å²) >= 11 is 5.89. The van der Waals surface area contributed by atoms with Crippen LogP contribution in [-0.4, -0.2) is 24.7 Å². The van der Waals surface area contributed by atoms with Crippen molar-refractivity contribution in [1.82, 2.24) is 14.5 Å². The number of nitrogens with zero attached hydrogens (tertiary/aromatic N) is 2. The molecular weight excluding hydrogens is 362 g/mol. The Labute approximate surface area is 151 Å². The van der Waals surface area contributed by atoms with Crippen LogP contribution >= 0.6 is 11.6 Å². The first-order valence-corrected chi connectivity index (χ1v) is 10.1. The van der Waals surface area contributed by atoms with Crippen molar-refractivity contribution in [3.8, 4) is 0 Å². The van der Waals surface area contributed by atoms with E-state index in [4.69, 9.17) is 11.6 Å². The van der Waals surface area contributed by atoms with Gasteiger partial charge in [0.15, 0.2) is 0 Å². The minimum absolute atomic E-state index is 0.0833. The van der Waals surface area contributed by atoms with Crippen LogP contribution in [0.2, 0.25) is 5.02 Å². The molecule has 0 saturated heterocycles. The Morgan fingerprint density at radius 3 is 2.80 bits per heavy atom. The fraction of sp³-hybridized carbons (Fsp3) is 0.412. The standard InChI is InChI=1S/C17H20ClN3O3S/c1-12-6-7-14(18)11-16(12)25(23,24)19-8-9-21-17(22)10-13-4-2-3-5-15(13)20-21/h6-7,10-11,19H,2-5,8-9H2,1H3. The number of halogens is 1. The smallest absolute Gasteiger partial charge is 0.267 e. The highest BCUT2D eigenvalue weighted by atomic mass is 35.5. The van der Waals surface area contributed by atoms with Crippen LogP contribution in [-0.2, 0) is 29.4 Å². The summed E-state index contributed by atoms with van der Waals surface area (Å²) < 4.78 is 28.7. The summed E-state index contributed by atoms with van der Waals surface area (Å²) in [5, 5.41) is 4.74. The van der Waals surface area contributed by atoms with Crippen LogP contribution < -0.4 is 10.3 Å². The van der Waals surface area contributed by atoms with Gasteiger partial charge in [0.2, 0.25) is 10.0 Å². The second-order valence-corrected chi connectivity index (χ2v) is 8.36. The molecule has 2 aromatic rings. The lowest BCUT2D eigenvalue weighted by atomic mass is 9.97. The number of sulfonamides is 1. The lowest BCUT2D eigenvalue weighted by Crippen LogP contribution is -2.33. The quantitative estimate of drug-likeness (QED) is 0.859. The molecule has 3 rings (SSSR count). The fourth-order valence-corrected chi connectivity index (χ4v) is 4.51. The molecule has 0 atom stereocenters. The molecule has 0 spiro atoms. The highest BCUT2D eigenvalue weighted by Crippen LogP contribution is 2.20. The van der Waals surface area contributed by atoms with E-state index >= 15 is 0 Å². The molecule has 1 heterocycles. The number of nitrogens with one attached hydrogen (secondary N) is 1. The van der Waals surface area contributed by atoms with Gasteiger partial charge in [-0.1, -0.05) is 17.7 Å². The molecule has 1 aliphatic carbocycles. The molecule has 0 saturated carbocycles. The molecule has 0 amide bonds. The van der Waals surface area contributed by atoms with Gasteiger partial charge >= 0.3 is 0 Å². The van der Waals surface area contributed by atoms with E-state index < -0.39 is 10.0 Å². The number of aryl methyl sites for hydroxylation is 3. The monoisotopic (exact) mass is 381 g/mol. The Morgan fingerprint density at radius 2 is 2.00 bits per heavy atom. The molecule has 8 heteroatoms. The highest BCUT2D eigenvalue weighted by Gasteiger charge is 2.17. The average molecular weight is 382 g/mol. The Morgan fingerprint density at radius 1 is 1.24 bits per heavy atom. The van der Waals surface area contributed by atoms with Crippen LogP contribution in [0.25, 0.3) is 0 Å². The maximum atomic E-state index is 12.4. The van der Waals surface area contributed by atoms with Crippen LogP contribution in [0, 0.1) is 6.92 Å². The minimum Gasteiger partial charge on any atom is -0.268 e. The van der Waals surface area contributed by atoms with Crippen molar-refractivity contribution in [2.45, 2.75) is 44.0 Å². The van der Waals surface area contributed by atoms with Gasteiger partial charge in [-0.3, -0.25) is 4.79 Å². The van der Waals surface area contributed by atoms with Crippen molar-refractivity contribution < 1.29 is 8.42 Å². The summed E-state index contributed by atoms with van der Waals surface area (Å²) in [6.07, 6.45) is 3.90. The summed E-state index contributed by atoms with van der Waals surface area (Å²) in [4.78, 5) is 12.3. The molecule has 0 aliphatic heterocycles. The molecule has 1 aliphatic rings. The summed E-state index contributed by atoms with van der Waals surface area (Å²) in [6, 6.07) is 6.35. The second kappa shape index (κ2) is 7.27. The summed E-state index contributed by atoms with van der Waals surface area (Å²) in [7, 11) is -3.69. The van der Waals surface area contributed by atoms with E-state index in [9.17, 15) is 13.2 Å². The third-order valence-corrected chi connectivity index (χ3v) is 6.17. The van der Waals surface area contributed by atoms with Crippen molar-refractivity contribution >= 4 is 21.6 Å². The van der Waals surface area contributed by atoms with Gasteiger partial charge < -0.3 is 0 Å². The first kappa shape index (κ1) is 18.1. The summed E-state index contributed by atoms with van der Waals surface area (Å²) in [5.41, 5.74) is 2.38. The molecule has 1 aromatic carbocycles. The van der Waals surface area contributed by atoms with E-state index in [1.165, 1.54) is 10.7 Å². The zero-order valence-corrected chi connectivity index (χ0v) is 15.5. The fourth-order valence-electron chi connectivity index (χ4n) is 2.99. The molecule has 0 unspecified atom stereocenters. The number of hydrogen-bond donors (Lipinski definition) is 1. The van der Waals surface area contributed by atoms with Crippen LogP contribution in [0.3, 0.4) is 0 Å². The SMILES string of the molecule is Cc1ccc(Cl)cc1S(=O)(=O)NCCn1nc2c(cc1=O)CCCC2. The van der Waals surface area contributed by atoms with Gasteiger partial charge in [-0.15, -0.1) is 0 Å². The first-order valence-electron chi connectivity index (χ1n) is 8.22. The maximum Gasteiger partial charge on any atom is 0.267 e. The third-order valence-electron chi connectivity index (χ3n) is 4.33. The predicted octanol–water partition coefficient (Wildman–Crippen LogP) is 2.06. The Balaban J connectivity index is 1.72. The van der Waals surface area contributed by atoms with E-state index in [-0.39, 0.29) is 23.5 Å². The first-order chi connectivity index (χ1) is 11.9. The number of benzene rings is 1. The van der Waals surface area contributed by atoms with Crippen LogP contribution in [0.5, 0.6) is 0 Å². The number of fused-ring (bicyclic) bond motifs is 1. The van der Waals surface area contributed by atoms with Crippen LogP contribution in [0.1, 0.15) is 29.7 Å². The zero-order chi connectivity index (χ0) is 18.0. The number of aromatic nitrogens is 2. The normalized spacial score (nSPS) is 14.3. The van der Waals surface area contributed by atoms with Crippen molar-refractivity contribution in [3.05, 3.63) is 56.5 Å². The average Bonchev–Trinajstić information content (AvgIpc) is 2.57. The molecule has 1 aromatic heterocycles. The van der Waals surface area contributed by atoms with Crippen molar-refractivity contribution in [3.63, 3.8) is 0 Å². The van der Waals surface area contributed by atoms with Gasteiger partial charge in [-0.05, 0) is 55.9 Å². The third kappa shape index (κ3) is 4.11. The van der Waals surface area contributed by atoms with Crippen LogP contribution in [0.15, 0.2) is 34.0 Å². The van der Waals surface area contributed by atoms with E-state index in [2.05, 4.69) is 9.82 Å². The molecule has 6 nitrogen and oxygen atoms in total. The van der Waals surface area contributed by atoms with Gasteiger partial charge in [0, 0.05) is 17.6 Å². The van der Waals surface area contributed by atoms with Gasteiger partial charge in [0.05, 0.1) is 17.1 Å². The molecule has 1 N–H and O–H groups in total. The van der Waals surface area contributed by atoms with Crippen molar-refractivity contribution in [2.75, 3.05) is 6.54 Å². The maximum absolute atomic E-state index is 12.4. The lowest BCUT2D eigenvalue weighted by Gasteiger charge is -2.16. The number of rotatable bonds is 5. The summed E-state index contributed by atoms with van der Waals surface area (Å²) in [6.45, 7) is 1.98. The lowest BCUT2D eigenvalue weighted by molar-refractivity contribution is 0.526. The predicted molar refractivity (Wildman–Crippen MR) is 96.5 cm³/mol. The van der Waals surface area contributed by atoms with E-state index in [1.54, 1.807) is 25.1 Å². The van der Waals surface area contributed by atoms with Crippen LogP contribution in [0.4, 0.5) is 0 Å². The van der Waals surface area contributed by atoms with Crippen molar-refractivity contribution in [1.29, 1.82) is 0 Å². The molecular formula is C17H20ClN3O3S. The zero-order valence-electron chi connectivity index (χ0n) is 14.0. The van der Waals surface area contributed by atoms with E-state index in [0.29, 0.717) is 10.6 Å². The van der Waals surface area contributed by atoms with E-state index in [1.807, 2.05) is 0 Å². The van der Waals surface area contributed by atoms with Gasteiger partial charge in [0.1, 0.15) is 0 Å². The van der Waals surface area contributed by atoms with Crippen molar-refractivity contribution in [2.24, 2.45) is 0 Å². The molecule has 25 heavy (non-hydrogen) atoms. The molecule has 0 bridgehead atoms. The number of hydrogen-bond acceptors (Lipinski definition) is 4. The Kier molecular flexibility index (Phi) is 5.27. The minimum atomic E-state index is -3.69. The largest absolute Gasteiger partial charge is 0.268 e. The summed E-state index contributed by atoms with van der Waals surface area (Å²) in [5.74, 6) is 0. The second-order valence-electron chi connectivity index (χ2n) is 6.19. The van der Waals surface area contributed by atoms with Gasteiger partial charge in [-0.2, -0.15) is 5.10 Å². The molecule has 0 radical (unpaired) electrons. The topological polar surface area (TPSA) is 81.1 Å².